The number of benzene rings is 3. The Balaban J connectivity index is 0.00000198. The zero-order valence-corrected chi connectivity index (χ0v) is 25.4. The summed E-state index contributed by atoms with van der Waals surface area (Å²) < 4.78 is 26.8. The van der Waals surface area contributed by atoms with Gasteiger partial charge < -0.3 is 19.7 Å². The quantitative estimate of drug-likeness (QED) is 0.268. The summed E-state index contributed by atoms with van der Waals surface area (Å²) in [6.07, 6.45) is 7.80. The summed E-state index contributed by atoms with van der Waals surface area (Å²) in [5.74, 6) is -0.0164. The molecule has 0 saturated heterocycles. The van der Waals surface area contributed by atoms with E-state index in [9.17, 15) is 9.90 Å². The lowest BCUT2D eigenvalue weighted by molar-refractivity contribution is -0.142. The van der Waals surface area contributed by atoms with Gasteiger partial charge in [0.1, 0.15) is 23.9 Å². The molecule has 3 aromatic carbocycles. The summed E-state index contributed by atoms with van der Waals surface area (Å²) in [4.78, 5) is 11.9. The average molecular weight is 575 g/mol. The molecule has 0 aromatic heterocycles. The number of aliphatic hydroxyl groups excluding tert-OH is 1. The Kier molecular flexibility index (Phi) is 10.1. The number of carboxylic acids is 1. The lowest BCUT2D eigenvalue weighted by Gasteiger charge is -2.30. The van der Waals surface area contributed by atoms with Gasteiger partial charge in [0.15, 0.2) is 0 Å². The number of aliphatic hydroxyl groups is 1. The van der Waals surface area contributed by atoms with Crippen LogP contribution in [0.2, 0.25) is 0 Å². The molecule has 42 heavy (non-hydrogen) atoms. The first kappa shape index (κ1) is 31.3. The van der Waals surface area contributed by atoms with E-state index in [1.807, 2.05) is 31.2 Å². The summed E-state index contributed by atoms with van der Waals surface area (Å²) in [5, 5.41) is 16.8. The van der Waals surface area contributed by atoms with E-state index in [2.05, 4.69) is 32.1 Å². The van der Waals surface area contributed by atoms with Gasteiger partial charge >= 0.3 is 5.97 Å². The van der Waals surface area contributed by atoms with Crippen LogP contribution in [-0.2, 0) is 17.8 Å². The normalized spacial score (nSPS) is 17.8. The Morgan fingerprint density at radius 2 is 1.79 bits per heavy atom. The fourth-order valence-corrected chi connectivity index (χ4v) is 6.56. The lowest BCUT2D eigenvalue weighted by atomic mass is 9.75. The first-order valence-corrected chi connectivity index (χ1v) is 14.8. The van der Waals surface area contributed by atoms with Crippen LogP contribution >= 0.6 is 0 Å². The summed E-state index contributed by atoms with van der Waals surface area (Å²) in [5.41, 5.74) is 6.93. The van der Waals surface area contributed by atoms with Crippen LogP contribution in [0.3, 0.4) is 0 Å². The number of methoxy groups -OCH3 is 1. The molecule has 0 heterocycles. The van der Waals surface area contributed by atoms with Crippen molar-refractivity contribution in [2.75, 3.05) is 14.2 Å². The molecule has 0 aliphatic heterocycles. The third-order valence-electron chi connectivity index (χ3n) is 8.81. The maximum Gasteiger partial charge on any atom is 0.307 e. The van der Waals surface area contributed by atoms with Gasteiger partial charge in [-0.2, -0.15) is 0 Å². The number of aliphatic carboxylic acids is 1. The molecule has 6 heteroatoms. The largest absolute Gasteiger partial charge is 0.497 e. The highest BCUT2D eigenvalue weighted by Crippen LogP contribution is 2.47. The minimum Gasteiger partial charge on any atom is -0.497 e. The number of carboxylic acid groups (broad SMARTS) is 1. The Morgan fingerprint density at radius 1 is 1.02 bits per heavy atom. The van der Waals surface area contributed by atoms with E-state index in [0.29, 0.717) is 24.3 Å². The van der Waals surface area contributed by atoms with Crippen LogP contribution in [0.15, 0.2) is 60.7 Å². The molecular formula is C36H43FO5. The highest BCUT2D eigenvalue weighted by atomic mass is 19.1. The van der Waals surface area contributed by atoms with Crippen LogP contribution in [0.5, 0.6) is 11.5 Å². The number of aryl methyl sites for hydroxylation is 1. The molecular weight excluding hydrogens is 531 g/mol. The number of fused-ring (bicyclic) bond motifs is 1. The van der Waals surface area contributed by atoms with Crippen molar-refractivity contribution in [2.24, 2.45) is 11.3 Å². The standard InChI is InChI=1S/C35H39FO4.CH4O/c1-5-26(34(37)38)27-9-6-8-23-12-13-25(20-29(23)27)40-21-22-11-15-28(31-19-24(39-4)14-16-33(31)36)30(18-22)32-10-7-17-35(32,2)3;1-2/h10-16,18-20,26-27H,5-9,17,21H2,1-4H3,(H,37,38);2H,1H3. The molecule has 0 saturated carbocycles. The molecule has 224 valence electrons. The fraction of sp³-hybridized carbons (Fsp3) is 0.417. The minimum absolute atomic E-state index is 0.00924. The van der Waals surface area contributed by atoms with Gasteiger partial charge in [0, 0.05) is 12.7 Å². The van der Waals surface area contributed by atoms with E-state index in [0.717, 1.165) is 67.2 Å². The molecule has 2 aliphatic rings. The highest BCUT2D eigenvalue weighted by molar-refractivity contribution is 5.85. The second-order valence-electron chi connectivity index (χ2n) is 11.8. The van der Waals surface area contributed by atoms with E-state index < -0.39 is 5.97 Å². The SMILES string of the molecule is CCC(C(=O)O)C1CCCc2ccc(OCc3ccc(-c4cc(OC)ccc4F)c(C4=CCCC4(C)C)c3)cc21.CO. The van der Waals surface area contributed by atoms with Crippen LogP contribution in [0.4, 0.5) is 4.39 Å². The molecule has 2 N–H and O–H groups in total. The van der Waals surface area contributed by atoms with Gasteiger partial charge in [0.25, 0.3) is 0 Å². The van der Waals surface area contributed by atoms with Gasteiger partial charge in [0.05, 0.1) is 13.0 Å². The van der Waals surface area contributed by atoms with Gasteiger partial charge in [-0.15, -0.1) is 0 Å². The van der Waals surface area contributed by atoms with Crippen molar-refractivity contribution < 1.29 is 28.9 Å². The van der Waals surface area contributed by atoms with Crippen LogP contribution in [0.1, 0.15) is 81.0 Å². The Bertz CT molecular complexity index is 1440. The number of rotatable bonds is 9. The predicted octanol–water partition coefficient (Wildman–Crippen LogP) is 8.42. The molecule has 2 atom stereocenters. The van der Waals surface area contributed by atoms with Gasteiger partial charge in [-0.05, 0) is 120 Å². The van der Waals surface area contributed by atoms with Crippen molar-refractivity contribution in [1.29, 1.82) is 0 Å². The molecule has 0 radical (unpaired) electrons. The summed E-state index contributed by atoms with van der Waals surface area (Å²) in [6, 6.07) is 17.1. The minimum atomic E-state index is -0.726. The first-order valence-electron chi connectivity index (χ1n) is 14.8. The van der Waals surface area contributed by atoms with Gasteiger partial charge in [-0.3, -0.25) is 4.79 Å². The van der Waals surface area contributed by atoms with E-state index in [-0.39, 0.29) is 23.1 Å². The molecule has 5 nitrogen and oxygen atoms in total. The predicted molar refractivity (Wildman–Crippen MR) is 165 cm³/mol. The van der Waals surface area contributed by atoms with Crippen molar-refractivity contribution in [3.8, 4) is 22.6 Å². The van der Waals surface area contributed by atoms with Crippen molar-refractivity contribution in [3.05, 3.63) is 88.7 Å². The number of ether oxygens (including phenoxy) is 2. The van der Waals surface area contributed by atoms with Crippen LogP contribution in [0, 0.1) is 17.2 Å². The number of hydrogen-bond acceptors (Lipinski definition) is 4. The smallest absolute Gasteiger partial charge is 0.307 e. The molecule has 2 aliphatic carbocycles. The van der Waals surface area contributed by atoms with Crippen LogP contribution in [0.25, 0.3) is 16.7 Å². The van der Waals surface area contributed by atoms with Gasteiger partial charge in [-0.25, -0.2) is 4.39 Å². The number of halogens is 1. The second-order valence-corrected chi connectivity index (χ2v) is 11.8. The molecule has 3 aromatic rings. The highest BCUT2D eigenvalue weighted by Gasteiger charge is 2.32. The van der Waals surface area contributed by atoms with E-state index in [1.165, 1.54) is 17.2 Å². The topological polar surface area (TPSA) is 76.0 Å². The third-order valence-corrected chi connectivity index (χ3v) is 8.81. The van der Waals surface area contributed by atoms with Crippen LogP contribution < -0.4 is 9.47 Å². The maximum atomic E-state index is 15.1. The first-order chi connectivity index (χ1) is 20.2. The number of allylic oxidation sites excluding steroid dienone is 2. The summed E-state index contributed by atoms with van der Waals surface area (Å²) in [6.45, 7) is 6.80. The molecule has 5 rings (SSSR count). The van der Waals surface area contributed by atoms with Crippen molar-refractivity contribution in [1.82, 2.24) is 0 Å². The van der Waals surface area contributed by atoms with Gasteiger partial charge in [0.2, 0.25) is 0 Å². The molecule has 0 fully saturated rings. The molecule has 0 amide bonds. The number of hydrogen-bond donors (Lipinski definition) is 2. The summed E-state index contributed by atoms with van der Waals surface area (Å²) in [7, 11) is 2.59. The average Bonchev–Trinajstić information content (AvgIpc) is 3.36. The Morgan fingerprint density at radius 3 is 2.45 bits per heavy atom. The Labute approximate surface area is 249 Å². The maximum absolute atomic E-state index is 15.1. The fourth-order valence-electron chi connectivity index (χ4n) is 6.56. The van der Waals surface area contributed by atoms with Crippen molar-refractivity contribution in [2.45, 2.75) is 71.8 Å². The second kappa shape index (κ2) is 13.6. The number of carbonyl (C=O) groups is 1. The van der Waals surface area contributed by atoms with Crippen LogP contribution in [-0.4, -0.2) is 30.4 Å². The van der Waals surface area contributed by atoms with E-state index in [1.54, 1.807) is 19.2 Å². The zero-order valence-electron chi connectivity index (χ0n) is 25.4. The zero-order chi connectivity index (χ0) is 30.4. The molecule has 2 unspecified atom stereocenters. The van der Waals surface area contributed by atoms with Crippen molar-refractivity contribution >= 4 is 11.5 Å². The molecule has 0 spiro atoms. The lowest BCUT2D eigenvalue weighted by Crippen LogP contribution is -2.24. The third kappa shape index (κ3) is 6.54. The Hall–Kier alpha value is -3.64. The van der Waals surface area contributed by atoms with Gasteiger partial charge in [-0.1, -0.05) is 45.0 Å². The van der Waals surface area contributed by atoms with Crippen molar-refractivity contribution in [3.63, 3.8) is 0 Å². The van der Waals surface area contributed by atoms with E-state index in [4.69, 9.17) is 14.6 Å². The monoisotopic (exact) mass is 574 g/mol. The van der Waals surface area contributed by atoms with E-state index >= 15 is 4.39 Å². The molecule has 0 bridgehead atoms. The summed E-state index contributed by atoms with van der Waals surface area (Å²) >= 11 is 0.